The molecule has 0 aliphatic rings. The Balaban J connectivity index is 1.85. The molecule has 0 saturated heterocycles. The molecule has 1 amide bonds. The van der Waals surface area contributed by atoms with Gasteiger partial charge in [0, 0.05) is 11.6 Å². The number of nitrogens with one attached hydrogen (secondary N) is 1. The Bertz CT molecular complexity index is 865. The molecule has 3 rings (SSSR count). The molecule has 0 aliphatic heterocycles. The number of nitrogens with zero attached hydrogens (tertiary/aromatic N) is 3. The van der Waals surface area contributed by atoms with Crippen molar-refractivity contribution in [3.63, 3.8) is 0 Å². The Hall–Kier alpha value is -3.22. The van der Waals surface area contributed by atoms with E-state index < -0.39 is 5.82 Å². The van der Waals surface area contributed by atoms with Crippen molar-refractivity contribution in [3.05, 3.63) is 72.1 Å². The number of carbonyl (C=O) groups excluding carboxylic acids is 1. The first kappa shape index (κ1) is 16.6. The largest absolute Gasteiger partial charge is 0.492 e. The average Bonchev–Trinajstić information content (AvgIpc) is 3.11. The van der Waals surface area contributed by atoms with E-state index in [1.54, 1.807) is 30.1 Å². The third-order valence-corrected chi connectivity index (χ3v) is 3.55. The van der Waals surface area contributed by atoms with E-state index in [4.69, 9.17) is 4.74 Å². The average molecular weight is 340 g/mol. The quantitative estimate of drug-likeness (QED) is 0.748. The van der Waals surface area contributed by atoms with Crippen molar-refractivity contribution in [2.75, 3.05) is 11.9 Å². The molecule has 6 nitrogen and oxygen atoms in total. The molecule has 0 aliphatic carbocycles. The maximum atomic E-state index is 13.4. The van der Waals surface area contributed by atoms with E-state index >= 15 is 0 Å². The fraction of sp³-hybridized carbons (Fsp3) is 0.167. The molecule has 1 aromatic heterocycles. The smallest absolute Gasteiger partial charge is 0.256 e. The van der Waals surface area contributed by atoms with Crippen molar-refractivity contribution in [3.8, 4) is 5.75 Å². The highest BCUT2D eigenvalue weighted by molar-refractivity contribution is 6.06. The second-order valence-electron chi connectivity index (χ2n) is 5.28. The van der Waals surface area contributed by atoms with Crippen LogP contribution in [0.4, 0.5) is 10.1 Å². The standard InChI is InChI=1S/C18H17FN4O2/c1-2-25-17-9-14(19)7-8-16(17)22-18(24)15-6-4-3-5-13(15)10-23-12-20-11-21-23/h3-9,11-12H,2,10H2,1H3,(H,22,24). The van der Waals surface area contributed by atoms with Crippen molar-refractivity contribution in [1.29, 1.82) is 0 Å². The summed E-state index contributed by atoms with van der Waals surface area (Å²) >= 11 is 0. The molecule has 0 bridgehead atoms. The van der Waals surface area contributed by atoms with Crippen LogP contribution in [-0.2, 0) is 6.54 Å². The zero-order valence-electron chi connectivity index (χ0n) is 13.6. The van der Waals surface area contributed by atoms with Crippen LogP contribution in [0.25, 0.3) is 0 Å². The van der Waals surface area contributed by atoms with Crippen molar-refractivity contribution >= 4 is 11.6 Å². The number of hydrogen-bond donors (Lipinski definition) is 1. The minimum absolute atomic E-state index is 0.296. The number of amides is 1. The second kappa shape index (κ2) is 7.57. The number of halogens is 1. The first-order valence-corrected chi connectivity index (χ1v) is 7.81. The Labute approximate surface area is 144 Å². The van der Waals surface area contributed by atoms with Crippen molar-refractivity contribution < 1.29 is 13.9 Å². The van der Waals surface area contributed by atoms with Crippen LogP contribution in [-0.4, -0.2) is 27.3 Å². The minimum atomic E-state index is -0.423. The fourth-order valence-electron chi connectivity index (χ4n) is 2.43. The molecule has 0 unspecified atom stereocenters. The van der Waals surface area contributed by atoms with Crippen LogP contribution >= 0.6 is 0 Å². The number of ether oxygens (including phenoxy) is 1. The summed E-state index contributed by atoms with van der Waals surface area (Å²) in [6.45, 7) is 2.59. The molecular formula is C18H17FN4O2. The van der Waals surface area contributed by atoms with Gasteiger partial charge in [0.1, 0.15) is 24.2 Å². The lowest BCUT2D eigenvalue weighted by Crippen LogP contribution is -2.16. The summed E-state index contributed by atoms with van der Waals surface area (Å²) in [6, 6.07) is 11.2. The van der Waals surface area contributed by atoms with Crippen LogP contribution in [0.15, 0.2) is 55.1 Å². The molecule has 0 atom stereocenters. The van der Waals surface area contributed by atoms with Gasteiger partial charge in [0.25, 0.3) is 5.91 Å². The minimum Gasteiger partial charge on any atom is -0.492 e. The Kier molecular flexibility index (Phi) is 5.03. The van der Waals surface area contributed by atoms with E-state index in [2.05, 4.69) is 15.4 Å². The molecular weight excluding hydrogens is 323 g/mol. The number of benzene rings is 2. The topological polar surface area (TPSA) is 69.0 Å². The molecule has 0 saturated carbocycles. The Morgan fingerprint density at radius 1 is 1.28 bits per heavy atom. The summed E-state index contributed by atoms with van der Waals surface area (Å²) in [6.07, 6.45) is 3.03. The Morgan fingerprint density at radius 2 is 2.12 bits per heavy atom. The van der Waals surface area contributed by atoms with Gasteiger partial charge < -0.3 is 10.1 Å². The fourth-order valence-corrected chi connectivity index (χ4v) is 2.43. The van der Waals surface area contributed by atoms with Gasteiger partial charge in [-0.3, -0.25) is 4.79 Å². The van der Waals surface area contributed by atoms with Crippen LogP contribution in [0, 0.1) is 5.82 Å². The van der Waals surface area contributed by atoms with E-state index in [1.807, 2.05) is 12.1 Å². The summed E-state index contributed by atoms with van der Waals surface area (Å²) in [7, 11) is 0. The highest BCUT2D eigenvalue weighted by atomic mass is 19.1. The van der Waals surface area contributed by atoms with Crippen molar-refractivity contribution in [2.24, 2.45) is 0 Å². The summed E-state index contributed by atoms with van der Waals surface area (Å²) in [5.74, 6) is -0.430. The first-order valence-electron chi connectivity index (χ1n) is 7.81. The number of hydrogen-bond acceptors (Lipinski definition) is 4. The number of aromatic nitrogens is 3. The predicted octanol–water partition coefficient (Wildman–Crippen LogP) is 3.12. The van der Waals surface area contributed by atoms with Crippen LogP contribution < -0.4 is 10.1 Å². The molecule has 0 fully saturated rings. The van der Waals surface area contributed by atoms with Gasteiger partial charge in [-0.25, -0.2) is 14.1 Å². The van der Waals surface area contributed by atoms with Gasteiger partial charge in [-0.15, -0.1) is 0 Å². The third kappa shape index (κ3) is 4.00. The van der Waals surface area contributed by atoms with Crippen LogP contribution in [0.1, 0.15) is 22.8 Å². The van der Waals surface area contributed by atoms with Gasteiger partial charge in [-0.05, 0) is 30.7 Å². The molecule has 1 heterocycles. The van der Waals surface area contributed by atoms with E-state index in [1.165, 1.54) is 24.5 Å². The Morgan fingerprint density at radius 3 is 2.88 bits per heavy atom. The normalized spacial score (nSPS) is 10.5. The van der Waals surface area contributed by atoms with Gasteiger partial charge in [0.15, 0.2) is 0 Å². The van der Waals surface area contributed by atoms with Gasteiger partial charge in [-0.2, -0.15) is 5.10 Å². The van der Waals surface area contributed by atoms with Crippen LogP contribution in [0.5, 0.6) is 5.75 Å². The van der Waals surface area contributed by atoms with E-state index in [0.29, 0.717) is 30.2 Å². The monoisotopic (exact) mass is 340 g/mol. The summed E-state index contributed by atoms with van der Waals surface area (Å²) < 4.78 is 20.4. The van der Waals surface area contributed by atoms with Gasteiger partial charge in [0.2, 0.25) is 0 Å². The van der Waals surface area contributed by atoms with Crippen LogP contribution in [0.2, 0.25) is 0 Å². The molecule has 25 heavy (non-hydrogen) atoms. The lowest BCUT2D eigenvalue weighted by Gasteiger charge is -2.13. The third-order valence-electron chi connectivity index (χ3n) is 3.55. The zero-order valence-corrected chi connectivity index (χ0v) is 13.6. The first-order chi connectivity index (χ1) is 12.2. The highest BCUT2D eigenvalue weighted by Gasteiger charge is 2.14. The maximum Gasteiger partial charge on any atom is 0.256 e. The van der Waals surface area contributed by atoms with Crippen LogP contribution in [0.3, 0.4) is 0 Å². The maximum absolute atomic E-state index is 13.4. The van der Waals surface area contributed by atoms with Gasteiger partial charge in [0.05, 0.1) is 18.8 Å². The second-order valence-corrected chi connectivity index (χ2v) is 5.28. The molecule has 0 spiro atoms. The number of rotatable bonds is 6. The molecule has 7 heteroatoms. The molecule has 0 radical (unpaired) electrons. The van der Waals surface area contributed by atoms with Gasteiger partial charge in [-0.1, -0.05) is 18.2 Å². The molecule has 1 N–H and O–H groups in total. The predicted molar refractivity (Wildman–Crippen MR) is 91.1 cm³/mol. The molecule has 2 aromatic carbocycles. The summed E-state index contributed by atoms with van der Waals surface area (Å²) in [5.41, 5.74) is 1.72. The van der Waals surface area contributed by atoms with E-state index in [9.17, 15) is 9.18 Å². The lowest BCUT2D eigenvalue weighted by atomic mass is 10.1. The van der Waals surface area contributed by atoms with Gasteiger partial charge >= 0.3 is 0 Å². The SMILES string of the molecule is CCOc1cc(F)ccc1NC(=O)c1ccccc1Cn1cncn1. The molecule has 128 valence electrons. The summed E-state index contributed by atoms with van der Waals surface area (Å²) in [5, 5.41) is 6.84. The van der Waals surface area contributed by atoms with Crippen molar-refractivity contribution in [1.82, 2.24) is 14.8 Å². The van der Waals surface area contributed by atoms with E-state index in [-0.39, 0.29) is 5.91 Å². The van der Waals surface area contributed by atoms with Crippen molar-refractivity contribution in [2.45, 2.75) is 13.5 Å². The molecule has 3 aromatic rings. The summed E-state index contributed by atoms with van der Waals surface area (Å²) in [4.78, 5) is 16.6. The highest BCUT2D eigenvalue weighted by Crippen LogP contribution is 2.26. The lowest BCUT2D eigenvalue weighted by molar-refractivity contribution is 0.102. The zero-order chi connectivity index (χ0) is 17.6. The number of carbonyl (C=O) groups is 1. The number of anilines is 1. The van der Waals surface area contributed by atoms with E-state index in [0.717, 1.165) is 5.56 Å².